The number of ether oxygens (including phenoxy) is 1. The van der Waals surface area contributed by atoms with Gasteiger partial charge in [0.25, 0.3) is 0 Å². The quantitative estimate of drug-likeness (QED) is 0.419. The molecular weight excluding hydrogens is 78.0 g/mol. The second-order valence-electron chi connectivity index (χ2n) is 1.62. The van der Waals surface area contributed by atoms with Crippen LogP contribution in [0.4, 0.5) is 0 Å². The van der Waals surface area contributed by atoms with Crippen molar-refractivity contribution in [1.82, 2.24) is 4.90 Å². The molecule has 1 rings (SSSR count). The Kier molecular flexibility index (Phi) is 1.08. The highest BCUT2D eigenvalue weighted by molar-refractivity contribution is 4.48. The molecule has 1 saturated heterocycles. The Hall–Kier alpha value is -0.0800. The van der Waals surface area contributed by atoms with Crippen LogP contribution in [-0.4, -0.2) is 31.8 Å². The normalized spacial score (nSPS) is 25.5. The predicted octanol–water partition coefficient (Wildman–Crippen LogP) is 0.152. The lowest BCUT2D eigenvalue weighted by molar-refractivity contribution is 0.154. The Balaban J connectivity index is 0.000000360. The van der Waals surface area contributed by atoms with Gasteiger partial charge in [0.2, 0.25) is 0 Å². The second-order valence-corrected chi connectivity index (χ2v) is 1.62. The summed E-state index contributed by atoms with van der Waals surface area (Å²) in [5, 5.41) is 0. The van der Waals surface area contributed by atoms with Crippen LogP contribution >= 0.6 is 0 Å². The van der Waals surface area contributed by atoms with Crippen LogP contribution in [0, 0.1) is 0 Å². The van der Waals surface area contributed by atoms with Crippen molar-refractivity contribution in [2.24, 2.45) is 0 Å². The maximum absolute atomic E-state index is 4.98. The fraction of sp³-hybridized carbons (Fsp3) is 1.00. The molecule has 0 spiro atoms. The van der Waals surface area contributed by atoms with E-state index in [1.807, 2.05) is 7.05 Å². The summed E-state index contributed by atoms with van der Waals surface area (Å²) in [4.78, 5) is 2.14. The first-order valence-corrected chi connectivity index (χ1v) is 2.16. The average Bonchev–Trinajstić information content (AvgIpc) is 1.86. The van der Waals surface area contributed by atoms with E-state index in [0.29, 0.717) is 0 Å². The van der Waals surface area contributed by atoms with Crippen LogP contribution in [0.25, 0.3) is 0 Å². The molecule has 0 aromatic heterocycles. The standard InChI is InChI=1S/C4H9NO.H2/c1-5-2-3-6-4-5;/h2-4H2,1H3;1H. The molecule has 38 valence electrons. The lowest BCUT2D eigenvalue weighted by Crippen LogP contribution is -2.11. The molecule has 0 N–H and O–H groups in total. The van der Waals surface area contributed by atoms with Crippen LogP contribution in [0.1, 0.15) is 1.43 Å². The second kappa shape index (κ2) is 1.58. The van der Waals surface area contributed by atoms with Gasteiger partial charge in [-0.25, -0.2) is 0 Å². The van der Waals surface area contributed by atoms with Gasteiger partial charge in [-0.1, -0.05) is 0 Å². The van der Waals surface area contributed by atoms with Crippen molar-refractivity contribution < 1.29 is 6.16 Å². The van der Waals surface area contributed by atoms with Gasteiger partial charge in [-0.05, 0) is 7.05 Å². The van der Waals surface area contributed by atoms with E-state index in [2.05, 4.69) is 4.90 Å². The average molecular weight is 89.1 g/mol. The monoisotopic (exact) mass is 89.1 g/mol. The molecule has 0 amide bonds. The van der Waals surface area contributed by atoms with E-state index in [1.54, 1.807) is 0 Å². The van der Waals surface area contributed by atoms with Crippen molar-refractivity contribution in [1.29, 1.82) is 0 Å². The van der Waals surface area contributed by atoms with Gasteiger partial charge in [0.1, 0.15) is 0 Å². The van der Waals surface area contributed by atoms with Crippen LogP contribution in [0.5, 0.6) is 0 Å². The van der Waals surface area contributed by atoms with Crippen molar-refractivity contribution in [2.75, 3.05) is 26.9 Å². The summed E-state index contributed by atoms with van der Waals surface area (Å²) < 4.78 is 4.98. The van der Waals surface area contributed by atoms with Crippen molar-refractivity contribution in [2.45, 2.75) is 0 Å². The highest BCUT2D eigenvalue weighted by Crippen LogP contribution is 1.91. The SMILES string of the molecule is CN1CCOC1.[HH]. The topological polar surface area (TPSA) is 12.5 Å². The van der Waals surface area contributed by atoms with Gasteiger partial charge in [0, 0.05) is 7.97 Å². The number of nitrogens with zero attached hydrogens (tertiary/aromatic N) is 1. The molecule has 1 aliphatic heterocycles. The summed E-state index contributed by atoms with van der Waals surface area (Å²) in [7, 11) is 2.05. The number of rotatable bonds is 0. The van der Waals surface area contributed by atoms with Gasteiger partial charge in [0.05, 0.1) is 13.3 Å². The molecule has 0 unspecified atom stereocenters. The predicted molar refractivity (Wildman–Crippen MR) is 25.6 cm³/mol. The molecule has 0 saturated carbocycles. The van der Waals surface area contributed by atoms with Gasteiger partial charge < -0.3 is 4.74 Å². The van der Waals surface area contributed by atoms with Crippen LogP contribution in [0.15, 0.2) is 0 Å². The number of hydrogen-bond acceptors (Lipinski definition) is 2. The number of hydrogen-bond donors (Lipinski definition) is 0. The third-order valence-electron chi connectivity index (χ3n) is 0.929. The number of likely N-dealkylation sites (N-methyl/N-ethyl adjacent to an activating group) is 1. The van der Waals surface area contributed by atoms with E-state index in [0.717, 1.165) is 19.9 Å². The Bertz CT molecular complexity index is 45.0. The zero-order chi connectivity index (χ0) is 4.41. The van der Waals surface area contributed by atoms with E-state index in [-0.39, 0.29) is 1.43 Å². The van der Waals surface area contributed by atoms with Crippen LogP contribution < -0.4 is 0 Å². The maximum Gasteiger partial charge on any atom is 0.0989 e. The summed E-state index contributed by atoms with van der Waals surface area (Å²) in [6.07, 6.45) is 0. The molecule has 1 fully saturated rings. The highest BCUT2D eigenvalue weighted by Gasteiger charge is 2.03. The van der Waals surface area contributed by atoms with Crippen molar-refractivity contribution >= 4 is 0 Å². The van der Waals surface area contributed by atoms with Crippen LogP contribution in [0.2, 0.25) is 0 Å². The fourth-order valence-electron chi connectivity index (χ4n) is 0.505. The van der Waals surface area contributed by atoms with Crippen LogP contribution in [-0.2, 0) is 4.74 Å². The molecule has 0 bridgehead atoms. The Morgan fingerprint density at radius 1 is 1.83 bits per heavy atom. The van der Waals surface area contributed by atoms with E-state index in [9.17, 15) is 0 Å². The molecule has 2 nitrogen and oxygen atoms in total. The summed E-state index contributed by atoms with van der Waals surface area (Å²) in [6.45, 7) is 2.83. The van der Waals surface area contributed by atoms with Gasteiger partial charge in [0.15, 0.2) is 0 Å². The van der Waals surface area contributed by atoms with E-state index in [4.69, 9.17) is 4.74 Å². The zero-order valence-corrected chi connectivity index (χ0v) is 3.98. The highest BCUT2D eigenvalue weighted by atomic mass is 16.5. The summed E-state index contributed by atoms with van der Waals surface area (Å²) in [6, 6.07) is 0. The van der Waals surface area contributed by atoms with Gasteiger partial charge in [-0.2, -0.15) is 0 Å². The smallest absolute Gasteiger partial charge is 0.0989 e. The van der Waals surface area contributed by atoms with Crippen molar-refractivity contribution in [3.8, 4) is 0 Å². The van der Waals surface area contributed by atoms with E-state index >= 15 is 0 Å². The van der Waals surface area contributed by atoms with Crippen LogP contribution in [0.3, 0.4) is 0 Å². The minimum atomic E-state index is 0. The molecule has 0 aromatic carbocycles. The molecule has 0 aromatic rings. The first-order valence-electron chi connectivity index (χ1n) is 2.16. The molecule has 0 radical (unpaired) electrons. The maximum atomic E-state index is 4.98. The molecule has 2 heteroatoms. The molecule has 1 heterocycles. The molecule has 0 atom stereocenters. The first kappa shape index (κ1) is 4.09. The van der Waals surface area contributed by atoms with Gasteiger partial charge >= 0.3 is 0 Å². The van der Waals surface area contributed by atoms with E-state index < -0.39 is 0 Å². The first-order chi connectivity index (χ1) is 2.89. The zero-order valence-electron chi connectivity index (χ0n) is 3.98. The van der Waals surface area contributed by atoms with E-state index in [1.165, 1.54) is 0 Å². The molecular formula is C4H11NO. The van der Waals surface area contributed by atoms with Crippen molar-refractivity contribution in [3.05, 3.63) is 0 Å². The molecule has 0 aliphatic carbocycles. The summed E-state index contributed by atoms with van der Waals surface area (Å²) in [5.74, 6) is 0. The lowest BCUT2D eigenvalue weighted by Gasteiger charge is -1.98. The van der Waals surface area contributed by atoms with Gasteiger partial charge in [-0.3, -0.25) is 4.90 Å². The van der Waals surface area contributed by atoms with Crippen molar-refractivity contribution in [3.63, 3.8) is 0 Å². The minimum Gasteiger partial charge on any atom is -0.365 e. The molecule has 1 aliphatic rings. The third kappa shape index (κ3) is 0.698. The largest absolute Gasteiger partial charge is 0.365 e. The Labute approximate surface area is 39.2 Å². The summed E-state index contributed by atoms with van der Waals surface area (Å²) in [5.41, 5.74) is 0. The van der Waals surface area contributed by atoms with Gasteiger partial charge in [-0.15, -0.1) is 0 Å². The summed E-state index contributed by atoms with van der Waals surface area (Å²) >= 11 is 0. The Morgan fingerprint density at radius 3 is 2.83 bits per heavy atom. The lowest BCUT2D eigenvalue weighted by atomic mass is 10.7. The fourth-order valence-corrected chi connectivity index (χ4v) is 0.505. The Morgan fingerprint density at radius 2 is 2.67 bits per heavy atom. The third-order valence-corrected chi connectivity index (χ3v) is 0.929. The molecule has 6 heavy (non-hydrogen) atoms. The minimum absolute atomic E-state index is 0.